The van der Waals surface area contributed by atoms with Crippen molar-refractivity contribution in [3.05, 3.63) is 29.6 Å². The lowest BCUT2D eigenvalue weighted by Gasteiger charge is -2.16. The van der Waals surface area contributed by atoms with Crippen LogP contribution in [0.15, 0.2) is 18.3 Å². The largest absolute Gasteiger partial charge is 0.260 e. The van der Waals surface area contributed by atoms with E-state index in [1.807, 2.05) is 26.0 Å². The Bertz CT molecular complexity index is 495. The first-order valence-electron chi connectivity index (χ1n) is 5.96. The zero-order chi connectivity index (χ0) is 12.5. The molecule has 1 heterocycles. The molecule has 0 bridgehead atoms. The number of sulfonamides is 1. The van der Waals surface area contributed by atoms with E-state index < -0.39 is 10.0 Å². The highest BCUT2D eigenvalue weighted by Gasteiger charge is 2.37. The van der Waals surface area contributed by atoms with Gasteiger partial charge in [0.25, 0.3) is 0 Å². The maximum absolute atomic E-state index is 11.9. The fourth-order valence-corrected chi connectivity index (χ4v) is 3.41. The quantitative estimate of drug-likeness (QED) is 0.873. The second-order valence-electron chi connectivity index (χ2n) is 4.58. The van der Waals surface area contributed by atoms with E-state index in [0.29, 0.717) is 6.42 Å². The third-order valence-electron chi connectivity index (χ3n) is 2.97. The Labute approximate surface area is 103 Å². The van der Waals surface area contributed by atoms with Crippen molar-refractivity contribution in [2.24, 2.45) is 0 Å². The van der Waals surface area contributed by atoms with Crippen LogP contribution in [0.25, 0.3) is 0 Å². The standard InChI is InChI=1S/C12H18N2O2S/c1-3-11(12-8-9(2)6-7-13-12)14-17(15,16)10-4-5-10/h6-8,10-11,14H,3-5H2,1-2H3. The van der Waals surface area contributed by atoms with Gasteiger partial charge in [-0.3, -0.25) is 4.98 Å². The molecule has 0 aliphatic heterocycles. The summed E-state index contributed by atoms with van der Waals surface area (Å²) in [5.74, 6) is 0. The number of nitrogens with one attached hydrogen (secondary N) is 1. The lowest BCUT2D eigenvalue weighted by atomic mass is 10.1. The lowest BCUT2D eigenvalue weighted by Crippen LogP contribution is -2.31. The second-order valence-corrected chi connectivity index (χ2v) is 6.57. The number of pyridine rings is 1. The van der Waals surface area contributed by atoms with Gasteiger partial charge in [0.1, 0.15) is 0 Å². The van der Waals surface area contributed by atoms with Gasteiger partial charge in [-0.15, -0.1) is 0 Å². The molecule has 1 atom stereocenters. The minimum Gasteiger partial charge on any atom is -0.260 e. The summed E-state index contributed by atoms with van der Waals surface area (Å²) in [5, 5.41) is -0.179. The van der Waals surface area contributed by atoms with Gasteiger partial charge >= 0.3 is 0 Å². The summed E-state index contributed by atoms with van der Waals surface area (Å²) < 4.78 is 26.5. The number of nitrogens with zero attached hydrogens (tertiary/aromatic N) is 1. The molecule has 4 nitrogen and oxygen atoms in total. The van der Waals surface area contributed by atoms with Crippen molar-refractivity contribution in [3.8, 4) is 0 Å². The highest BCUT2D eigenvalue weighted by molar-refractivity contribution is 7.90. The zero-order valence-corrected chi connectivity index (χ0v) is 11.0. The van der Waals surface area contributed by atoms with Crippen molar-refractivity contribution in [2.75, 3.05) is 0 Å². The van der Waals surface area contributed by atoms with Crippen LogP contribution in [0, 0.1) is 6.92 Å². The van der Waals surface area contributed by atoms with E-state index in [4.69, 9.17) is 0 Å². The Morgan fingerprint density at radius 3 is 2.76 bits per heavy atom. The van der Waals surface area contributed by atoms with Crippen molar-refractivity contribution >= 4 is 10.0 Å². The van der Waals surface area contributed by atoms with E-state index in [-0.39, 0.29) is 11.3 Å². The van der Waals surface area contributed by atoms with E-state index in [0.717, 1.165) is 24.1 Å². The Balaban J connectivity index is 2.16. The van der Waals surface area contributed by atoms with Gasteiger partial charge in [-0.2, -0.15) is 0 Å². The molecular weight excluding hydrogens is 236 g/mol. The van der Waals surface area contributed by atoms with Crippen molar-refractivity contribution in [1.29, 1.82) is 0 Å². The Hall–Kier alpha value is -0.940. The number of hydrogen-bond acceptors (Lipinski definition) is 3. The molecular formula is C12H18N2O2S. The summed E-state index contributed by atoms with van der Waals surface area (Å²) in [6, 6.07) is 3.63. The van der Waals surface area contributed by atoms with Gasteiger partial charge in [0, 0.05) is 6.20 Å². The van der Waals surface area contributed by atoms with E-state index in [9.17, 15) is 8.42 Å². The Morgan fingerprint density at radius 2 is 2.24 bits per heavy atom. The first kappa shape index (κ1) is 12.5. The van der Waals surface area contributed by atoms with Gasteiger partial charge in [-0.05, 0) is 43.9 Å². The molecule has 0 spiro atoms. The number of aryl methyl sites for hydroxylation is 1. The molecule has 0 radical (unpaired) electrons. The number of rotatable bonds is 5. The van der Waals surface area contributed by atoms with E-state index in [2.05, 4.69) is 9.71 Å². The smallest absolute Gasteiger partial charge is 0.215 e. The summed E-state index contributed by atoms with van der Waals surface area (Å²) >= 11 is 0. The van der Waals surface area contributed by atoms with E-state index >= 15 is 0 Å². The van der Waals surface area contributed by atoms with Crippen LogP contribution >= 0.6 is 0 Å². The fraction of sp³-hybridized carbons (Fsp3) is 0.583. The molecule has 0 amide bonds. The molecule has 1 N–H and O–H groups in total. The molecule has 17 heavy (non-hydrogen) atoms. The molecule has 1 aliphatic carbocycles. The van der Waals surface area contributed by atoms with Crippen LogP contribution in [0.5, 0.6) is 0 Å². The third-order valence-corrected chi connectivity index (χ3v) is 4.93. The number of hydrogen-bond donors (Lipinski definition) is 1. The van der Waals surface area contributed by atoms with Crippen LogP contribution in [0.1, 0.15) is 43.5 Å². The van der Waals surface area contributed by atoms with Gasteiger partial charge in [-0.25, -0.2) is 13.1 Å². The molecule has 0 aromatic carbocycles. The Morgan fingerprint density at radius 1 is 1.53 bits per heavy atom. The fourth-order valence-electron chi connectivity index (χ4n) is 1.78. The normalized spacial score (nSPS) is 18.0. The van der Waals surface area contributed by atoms with Crippen molar-refractivity contribution in [3.63, 3.8) is 0 Å². The lowest BCUT2D eigenvalue weighted by molar-refractivity contribution is 0.543. The highest BCUT2D eigenvalue weighted by atomic mass is 32.2. The van der Waals surface area contributed by atoms with Crippen molar-refractivity contribution < 1.29 is 8.42 Å². The van der Waals surface area contributed by atoms with Crippen molar-refractivity contribution in [2.45, 2.75) is 44.4 Å². The maximum atomic E-state index is 11.9. The summed E-state index contributed by atoms with van der Waals surface area (Å²) in [6.45, 7) is 3.94. The molecule has 1 fully saturated rings. The van der Waals surface area contributed by atoms with Gasteiger partial charge in [0.15, 0.2) is 0 Å². The molecule has 1 aromatic heterocycles. The van der Waals surface area contributed by atoms with Crippen LogP contribution in [0.2, 0.25) is 0 Å². The molecule has 1 aliphatic rings. The summed E-state index contributed by atoms with van der Waals surface area (Å²) in [4.78, 5) is 4.25. The summed E-state index contributed by atoms with van der Waals surface area (Å²) in [7, 11) is -3.15. The van der Waals surface area contributed by atoms with Gasteiger partial charge in [0.2, 0.25) is 10.0 Å². The number of aromatic nitrogens is 1. The van der Waals surface area contributed by atoms with E-state index in [1.165, 1.54) is 0 Å². The average Bonchev–Trinajstić information content (AvgIpc) is 3.10. The SMILES string of the molecule is CCC(NS(=O)(=O)C1CC1)c1cc(C)ccn1. The van der Waals surface area contributed by atoms with E-state index in [1.54, 1.807) is 6.20 Å². The summed E-state index contributed by atoms with van der Waals surface area (Å²) in [5.41, 5.74) is 1.90. The monoisotopic (exact) mass is 254 g/mol. The van der Waals surface area contributed by atoms with Crippen LogP contribution in [-0.2, 0) is 10.0 Å². The van der Waals surface area contributed by atoms with Gasteiger partial charge < -0.3 is 0 Å². The van der Waals surface area contributed by atoms with Crippen LogP contribution < -0.4 is 4.72 Å². The van der Waals surface area contributed by atoms with Crippen LogP contribution in [-0.4, -0.2) is 18.7 Å². The topological polar surface area (TPSA) is 59.1 Å². The predicted molar refractivity (Wildman–Crippen MR) is 67.1 cm³/mol. The molecule has 1 saturated carbocycles. The van der Waals surface area contributed by atoms with Crippen molar-refractivity contribution in [1.82, 2.24) is 9.71 Å². The van der Waals surface area contributed by atoms with Crippen LogP contribution in [0.4, 0.5) is 0 Å². The minimum absolute atomic E-state index is 0.179. The van der Waals surface area contributed by atoms with Gasteiger partial charge in [0.05, 0.1) is 17.0 Å². The second kappa shape index (κ2) is 4.74. The predicted octanol–water partition coefficient (Wildman–Crippen LogP) is 1.92. The molecule has 5 heteroatoms. The first-order chi connectivity index (χ1) is 8.03. The van der Waals surface area contributed by atoms with Crippen LogP contribution in [0.3, 0.4) is 0 Å². The van der Waals surface area contributed by atoms with Gasteiger partial charge in [-0.1, -0.05) is 6.92 Å². The highest BCUT2D eigenvalue weighted by Crippen LogP contribution is 2.29. The summed E-state index contributed by atoms with van der Waals surface area (Å²) in [6.07, 6.45) is 4.00. The molecule has 2 rings (SSSR count). The molecule has 1 unspecified atom stereocenters. The first-order valence-corrected chi connectivity index (χ1v) is 7.51. The average molecular weight is 254 g/mol. The Kier molecular flexibility index (Phi) is 3.49. The minimum atomic E-state index is -3.15. The molecule has 94 valence electrons. The maximum Gasteiger partial charge on any atom is 0.215 e. The third kappa shape index (κ3) is 3.04. The molecule has 0 saturated heterocycles. The zero-order valence-electron chi connectivity index (χ0n) is 10.2. The molecule has 1 aromatic rings.